The Hall–Kier alpha value is -0.190. The first-order valence-electron chi connectivity index (χ1n) is 7.89. The third-order valence-electron chi connectivity index (χ3n) is 3.61. The van der Waals surface area contributed by atoms with Crippen molar-refractivity contribution in [2.45, 2.75) is 51.3 Å². The first-order chi connectivity index (χ1) is 10.1. The number of ether oxygens (including phenoxy) is 1. The fourth-order valence-electron chi connectivity index (χ4n) is 2.61. The summed E-state index contributed by atoms with van der Waals surface area (Å²) in [6.45, 7) is 8.66. The summed E-state index contributed by atoms with van der Waals surface area (Å²) < 4.78 is 7.03. The SMILES string of the molecule is CCCNC(CSC(C)C)Cc1cc(Br)cc2c1OCC2. The molecule has 118 valence electrons. The van der Waals surface area contributed by atoms with E-state index >= 15 is 0 Å². The van der Waals surface area contributed by atoms with Gasteiger partial charge in [0.05, 0.1) is 6.61 Å². The highest BCUT2D eigenvalue weighted by Crippen LogP contribution is 2.34. The second-order valence-electron chi connectivity index (χ2n) is 5.89. The van der Waals surface area contributed by atoms with Crippen LogP contribution in [-0.2, 0) is 12.8 Å². The largest absolute Gasteiger partial charge is 0.493 e. The van der Waals surface area contributed by atoms with Crippen molar-refractivity contribution in [2.75, 3.05) is 18.9 Å². The lowest BCUT2D eigenvalue weighted by molar-refractivity contribution is 0.352. The summed E-state index contributed by atoms with van der Waals surface area (Å²) in [4.78, 5) is 0. The van der Waals surface area contributed by atoms with Gasteiger partial charge in [0.15, 0.2) is 0 Å². The summed E-state index contributed by atoms with van der Waals surface area (Å²) in [5.74, 6) is 2.29. The minimum absolute atomic E-state index is 0.514. The number of thioether (sulfide) groups is 1. The Kier molecular flexibility index (Phi) is 6.90. The molecule has 0 spiro atoms. The van der Waals surface area contributed by atoms with E-state index < -0.39 is 0 Å². The Morgan fingerprint density at radius 2 is 2.19 bits per heavy atom. The molecule has 0 aromatic heterocycles. The molecule has 0 fully saturated rings. The smallest absolute Gasteiger partial charge is 0.125 e. The van der Waals surface area contributed by atoms with E-state index in [1.165, 1.54) is 22.0 Å². The highest BCUT2D eigenvalue weighted by Gasteiger charge is 2.20. The van der Waals surface area contributed by atoms with Crippen LogP contribution in [0.2, 0.25) is 0 Å². The van der Waals surface area contributed by atoms with Crippen LogP contribution in [0.15, 0.2) is 16.6 Å². The Labute approximate surface area is 141 Å². The molecule has 1 aromatic carbocycles. The van der Waals surface area contributed by atoms with Crippen LogP contribution in [0, 0.1) is 0 Å². The number of rotatable bonds is 8. The van der Waals surface area contributed by atoms with Gasteiger partial charge in [-0.3, -0.25) is 0 Å². The standard InChI is InChI=1S/C17H26BrNOS/c1-4-6-19-16(11-21-12(2)3)10-14-9-15(18)8-13-5-7-20-17(13)14/h8-9,12,16,19H,4-7,10-11H2,1-3H3. The molecule has 0 saturated carbocycles. The lowest BCUT2D eigenvalue weighted by Gasteiger charge is -2.21. The number of hydrogen-bond donors (Lipinski definition) is 1. The molecule has 1 aliphatic rings. The average Bonchev–Trinajstić information content (AvgIpc) is 2.89. The summed E-state index contributed by atoms with van der Waals surface area (Å²) >= 11 is 5.67. The van der Waals surface area contributed by atoms with Crippen molar-refractivity contribution in [3.63, 3.8) is 0 Å². The number of hydrogen-bond acceptors (Lipinski definition) is 3. The topological polar surface area (TPSA) is 21.3 Å². The van der Waals surface area contributed by atoms with Crippen molar-refractivity contribution < 1.29 is 4.74 Å². The van der Waals surface area contributed by atoms with Crippen LogP contribution in [0.5, 0.6) is 5.75 Å². The van der Waals surface area contributed by atoms with Gasteiger partial charge in [-0.1, -0.05) is 36.7 Å². The van der Waals surface area contributed by atoms with Gasteiger partial charge < -0.3 is 10.1 Å². The second-order valence-corrected chi connectivity index (χ2v) is 8.41. The van der Waals surface area contributed by atoms with Crippen molar-refractivity contribution in [1.82, 2.24) is 5.32 Å². The van der Waals surface area contributed by atoms with E-state index in [9.17, 15) is 0 Å². The molecule has 0 saturated heterocycles. The molecule has 1 N–H and O–H groups in total. The molecule has 1 heterocycles. The first kappa shape index (κ1) is 17.2. The van der Waals surface area contributed by atoms with Crippen LogP contribution in [0.3, 0.4) is 0 Å². The monoisotopic (exact) mass is 371 g/mol. The molecule has 1 unspecified atom stereocenters. The van der Waals surface area contributed by atoms with Crippen molar-refractivity contribution in [1.29, 1.82) is 0 Å². The summed E-state index contributed by atoms with van der Waals surface area (Å²) in [5.41, 5.74) is 2.69. The van der Waals surface area contributed by atoms with E-state index in [1.807, 2.05) is 11.8 Å². The summed E-state index contributed by atoms with van der Waals surface area (Å²) in [6, 6.07) is 4.94. The Morgan fingerprint density at radius 1 is 1.38 bits per heavy atom. The van der Waals surface area contributed by atoms with Gasteiger partial charge in [0.1, 0.15) is 5.75 Å². The minimum atomic E-state index is 0.514. The maximum Gasteiger partial charge on any atom is 0.125 e. The molecular formula is C17H26BrNOS. The van der Waals surface area contributed by atoms with Gasteiger partial charge in [-0.05, 0) is 47.9 Å². The molecule has 1 aromatic rings. The highest BCUT2D eigenvalue weighted by molar-refractivity contribution is 9.10. The Morgan fingerprint density at radius 3 is 2.90 bits per heavy atom. The second kappa shape index (κ2) is 8.44. The van der Waals surface area contributed by atoms with Crippen LogP contribution >= 0.6 is 27.7 Å². The molecule has 2 nitrogen and oxygen atoms in total. The molecule has 21 heavy (non-hydrogen) atoms. The van der Waals surface area contributed by atoms with Gasteiger partial charge in [-0.25, -0.2) is 0 Å². The lowest BCUT2D eigenvalue weighted by atomic mass is 10.0. The van der Waals surface area contributed by atoms with Gasteiger partial charge in [0, 0.05) is 22.7 Å². The Bertz CT molecular complexity index is 464. The summed E-state index contributed by atoms with van der Waals surface area (Å²) in [6.07, 6.45) is 3.26. The fourth-order valence-corrected chi connectivity index (χ4v) is 4.02. The van der Waals surface area contributed by atoms with E-state index in [-0.39, 0.29) is 0 Å². The van der Waals surface area contributed by atoms with E-state index in [0.29, 0.717) is 11.3 Å². The van der Waals surface area contributed by atoms with Crippen molar-refractivity contribution in [2.24, 2.45) is 0 Å². The van der Waals surface area contributed by atoms with Crippen molar-refractivity contribution in [3.8, 4) is 5.75 Å². The summed E-state index contributed by atoms with van der Waals surface area (Å²) in [5, 5.41) is 4.37. The van der Waals surface area contributed by atoms with Crippen LogP contribution in [-0.4, -0.2) is 30.2 Å². The predicted octanol–water partition coefficient (Wildman–Crippen LogP) is 4.44. The zero-order chi connectivity index (χ0) is 15.2. The zero-order valence-electron chi connectivity index (χ0n) is 13.2. The van der Waals surface area contributed by atoms with Crippen molar-refractivity contribution in [3.05, 3.63) is 27.7 Å². The van der Waals surface area contributed by atoms with Gasteiger partial charge in [0.2, 0.25) is 0 Å². The highest BCUT2D eigenvalue weighted by atomic mass is 79.9. The lowest BCUT2D eigenvalue weighted by Crippen LogP contribution is -2.34. The minimum Gasteiger partial charge on any atom is -0.493 e. The van der Waals surface area contributed by atoms with Crippen LogP contribution in [0.25, 0.3) is 0 Å². The maximum atomic E-state index is 5.86. The van der Waals surface area contributed by atoms with E-state index in [0.717, 1.165) is 37.5 Å². The van der Waals surface area contributed by atoms with Gasteiger partial charge in [0.25, 0.3) is 0 Å². The van der Waals surface area contributed by atoms with Gasteiger partial charge >= 0.3 is 0 Å². The van der Waals surface area contributed by atoms with E-state index in [2.05, 4.69) is 54.2 Å². The molecule has 0 aliphatic carbocycles. The predicted molar refractivity (Wildman–Crippen MR) is 96.7 cm³/mol. The molecule has 1 aliphatic heterocycles. The third kappa shape index (κ3) is 5.19. The molecule has 0 radical (unpaired) electrons. The molecule has 1 atom stereocenters. The van der Waals surface area contributed by atoms with E-state index in [1.54, 1.807) is 0 Å². The number of halogens is 1. The molecule has 4 heteroatoms. The molecule has 2 rings (SSSR count). The van der Waals surface area contributed by atoms with Crippen LogP contribution < -0.4 is 10.1 Å². The van der Waals surface area contributed by atoms with Gasteiger partial charge in [-0.15, -0.1) is 0 Å². The van der Waals surface area contributed by atoms with Gasteiger partial charge in [-0.2, -0.15) is 11.8 Å². The quantitative estimate of drug-likeness (QED) is 0.729. The molecule has 0 amide bonds. The number of benzene rings is 1. The normalized spacial score (nSPS) is 15.1. The number of nitrogens with one attached hydrogen (secondary N) is 1. The van der Waals surface area contributed by atoms with Crippen LogP contribution in [0.4, 0.5) is 0 Å². The third-order valence-corrected chi connectivity index (χ3v) is 5.32. The van der Waals surface area contributed by atoms with E-state index in [4.69, 9.17) is 4.74 Å². The average molecular weight is 372 g/mol. The van der Waals surface area contributed by atoms with Crippen molar-refractivity contribution >= 4 is 27.7 Å². The number of fused-ring (bicyclic) bond motifs is 1. The molecule has 0 bridgehead atoms. The first-order valence-corrected chi connectivity index (χ1v) is 9.73. The maximum absolute atomic E-state index is 5.86. The fraction of sp³-hybridized carbons (Fsp3) is 0.647. The summed E-state index contributed by atoms with van der Waals surface area (Å²) in [7, 11) is 0. The van der Waals surface area contributed by atoms with Crippen LogP contribution in [0.1, 0.15) is 38.3 Å². The molecular weight excluding hydrogens is 346 g/mol. The Balaban J connectivity index is 2.08. The zero-order valence-corrected chi connectivity index (χ0v) is 15.6.